The lowest BCUT2D eigenvalue weighted by Crippen LogP contribution is -2.01. The molecule has 3 heteroatoms. The molecule has 1 fully saturated rings. The van der Waals surface area contributed by atoms with Crippen LogP contribution in [-0.4, -0.2) is 19.3 Å². The molecule has 0 saturated heterocycles. The molecule has 1 aliphatic rings. The van der Waals surface area contributed by atoms with Gasteiger partial charge in [-0.1, -0.05) is 30.3 Å². The van der Waals surface area contributed by atoms with Gasteiger partial charge in [-0.25, -0.2) is 0 Å². The van der Waals surface area contributed by atoms with Crippen LogP contribution in [0.4, 0.5) is 0 Å². The van der Waals surface area contributed by atoms with Crippen LogP contribution in [0.25, 0.3) is 0 Å². The molecule has 1 aliphatic carbocycles. The smallest absolute Gasteiger partial charge is 0.161 e. The van der Waals surface area contributed by atoms with Crippen molar-refractivity contribution in [1.29, 1.82) is 0 Å². The molecule has 3 rings (SSSR count). The number of hydrogen-bond donors (Lipinski definition) is 1. The lowest BCUT2D eigenvalue weighted by atomic mass is 9.99. The number of rotatable bonds is 5. The number of aliphatic hydroxyl groups excluding tert-OH is 1. The van der Waals surface area contributed by atoms with Crippen molar-refractivity contribution in [2.24, 2.45) is 0 Å². The number of methoxy groups -OCH3 is 2. The van der Waals surface area contributed by atoms with E-state index in [9.17, 15) is 5.11 Å². The molecule has 0 heterocycles. The first-order valence-electron chi connectivity index (χ1n) is 7.22. The second-order valence-electron chi connectivity index (χ2n) is 5.46. The summed E-state index contributed by atoms with van der Waals surface area (Å²) >= 11 is 0. The van der Waals surface area contributed by atoms with E-state index in [-0.39, 0.29) is 0 Å². The fourth-order valence-corrected chi connectivity index (χ4v) is 2.58. The standard InChI is InChI=1S/C18H20O3/c1-20-16-10-9-15(11-17(16)21-2)18(19)14-7-5-13(6-8-14)12-3-4-12/h5-12,18-19H,3-4H2,1-2H3. The minimum absolute atomic E-state index is 0.628. The highest BCUT2D eigenvalue weighted by atomic mass is 16.5. The summed E-state index contributed by atoms with van der Waals surface area (Å²) in [5.74, 6) is 2.03. The summed E-state index contributed by atoms with van der Waals surface area (Å²) in [5, 5.41) is 10.5. The molecule has 0 aromatic heterocycles. The molecule has 1 saturated carbocycles. The van der Waals surface area contributed by atoms with Crippen LogP contribution in [0.2, 0.25) is 0 Å². The van der Waals surface area contributed by atoms with Gasteiger partial charge in [-0.15, -0.1) is 0 Å². The molecule has 0 aliphatic heterocycles. The highest BCUT2D eigenvalue weighted by molar-refractivity contribution is 5.45. The predicted octanol–water partition coefficient (Wildman–Crippen LogP) is 3.66. The van der Waals surface area contributed by atoms with E-state index in [1.54, 1.807) is 14.2 Å². The molecule has 2 aromatic carbocycles. The van der Waals surface area contributed by atoms with Crippen LogP contribution < -0.4 is 9.47 Å². The topological polar surface area (TPSA) is 38.7 Å². The molecular formula is C18H20O3. The Hall–Kier alpha value is -2.00. The maximum Gasteiger partial charge on any atom is 0.161 e. The lowest BCUT2D eigenvalue weighted by Gasteiger charge is -2.15. The SMILES string of the molecule is COc1ccc(C(O)c2ccc(C3CC3)cc2)cc1OC. The normalized spacial score (nSPS) is 15.6. The van der Waals surface area contributed by atoms with Crippen LogP contribution in [-0.2, 0) is 0 Å². The average molecular weight is 284 g/mol. The van der Waals surface area contributed by atoms with Gasteiger partial charge in [-0.2, -0.15) is 0 Å². The third kappa shape index (κ3) is 2.88. The highest BCUT2D eigenvalue weighted by Gasteiger charge is 2.23. The van der Waals surface area contributed by atoms with Crippen molar-refractivity contribution in [3.05, 3.63) is 59.2 Å². The Labute approximate surface area is 125 Å². The van der Waals surface area contributed by atoms with E-state index in [2.05, 4.69) is 12.1 Å². The van der Waals surface area contributed by atoms with Crippen molar-refractivity contribution >= 4 is 0 Å². The Bertz CT molecular complexity index is 615. The average Bonchev–Trinajstić information content (AvgIpc) is 3.38. The fourth-order valence-electron chi connectivity index (χ4n) is 2.58. The minimum atomic E-state index is -0.655. The van der Waals surface area contributed by atoms with Gasteiger partial charge in [0.15, 0.2) is 11.5 Å². The number of benzene rings is 2. The van der Waals surface area contributed by atoms with E-state index in [0.29, 0.717) is 11.5 Å². The maximum absolute atomic E-state index is 10.5. The third-order valence-electron chi connectivity index (χ3n) is 4.02. The van der Waals surface area contributed by atoms with Crippen molar-refractivity contribution < 1.29 is 14.6 Å². The zero-order valence-electron chi connectivity index (χ0n) is 12.4. The number of hydrogen-bond acceptors (Lipinski definition) is 3. The summed E-state index contributed by atoms with van der Waals surface area (Å²) in [7, 11) is 3.20. The molecule has 1 atom stereocenters. The van der Waals surface area contributed by atoms with Crippen LogP contribution in [0.5, 0.6) is 11.5 Å². The van der Waals surface area contributed by atoms with Gasteiger partial charge in [-0.05, 0) is 47.6 Å². The number of ether oxygens (including phenoxy) is 2. The molecule has 0 spiro atoms. The molecule has 1 unspecified atom stereocenters. The molecule has 0 amide bonds. The second kappa shape index (κ2) is 5.78. The second-order valence-corrected chi connectivity index (χ2v) is 5.46. The Kier molecular flexibility index (Phi) is 3.84. The van der Waals surface area contributed by atoms with Gasteiger partial charge < -0.3 is 14.6 Å². The van der Waals surface area contributed by atoms with Crippen LogP contribution in [0.3, 0.4) is 0 Å². The van der Waals surface area contributed by atoms with E-state index < -0.39 is 6.10 Å². The Morgan fingerprint density at radius 2 is 1.52 bits per heavy atom. The summed E-state index contributed by atoms with van der Waals surface area (Å²) < 4.78 is 10.5. The Morgan fingerprint density at radius 1 is 0.905 bits per heavy atom. The summed E-state index contributed by atoms with van der Waals surface area (Å²) in [5.41, 5.74) is 3.07. The Balaban J connectivity index is 1.84. The van der Waals surface area contributed by atoms with Crippen molar-refractivity contribution in [1.82, 2.24) is 0 Å². The van der Waals surface area contributed by atoms with Crippen molar-refractivity contribution in [2.75, 3.05) is 14.2 Å². The quantitative estimate of drug-likeness (QED) is 0.910. The molecule has 21 heavy (non-hydrogen) atoms. The summed E-state index contributed by atoms with van der Waals surface area (Å²) in [6.07, 6.45) is 1.92. The monoisotopic (exact) mass is 284 g/mol. The number of aliphatic hydroxyl groups is 1. The van der Waals surface area contributed by atoms with E-state index in [0.717, 1.165) is 17.0 Å². The molecule has 0 radical (unpaired) electrons. The molecule has 1 N–H and O–H groups in total. The summed E-state index contributed by atoms with van der Waals surface area (Å²) in [6.45, 7) is 0. The first-order valence-corrected chi connectivity index (χ1v) is 7.22. The van der Waals surface area contributed by atoms with Gasteiger partial charge in [0.05, 0.1) is 14.2 Å². The van der Waals surface area contributed by atoms with E-state index in [1.807, 2.05) is 30.3 Å². The minimum Gasteiger partial charge on any atom is -0.493 e. The van der Waals surface area contributed by atoms with Gasteiger partial charge >= 0.3 is 0 Å². The molecular weight excluding hydrogens is 264 g/mol. The predicted molar refractivity (Wildman–Crippen MR) is 82.0 cm³/mol. The molecule has 110 valence electrons. The third-order valence-corrected chi connectivity index (χ3v) is 4.02. The zero-order chi connectivity index (χ0) is 14.8. The van der Waals surface area contributed by atoms with E-state index >= 15 is 0 Å². The van der Waals surface area contributed by atoms with Crippen LogP contribution in [0, 0.1) is 0 Å². The largest absolute Gasteiger partial charge is 0.493 e. The van der Waals surface area contributed by atoms with Gasteiger partial charge in [0, 0.05) is 0 Å². The maximum atomic E-state index is 10.5. The zero-order valence-corrected chi connectivity index (χ0v) is 12.4. The summed E-state index contributed by atoms with van der Waals surface area (Å²) in [4.78, 5) is 0. The van der Waals surface area contributed by atoms with Gasteiger partial charge in [0.1, 0.15) is 6.10 Å². The van der Waals surface area contributed by atoms with Crippen molar-refractivity contribution in [3.8, 4) is 11.5 Å². The fraction of sp³-hybridized carbons (Fsp3) is 0.333. The van der Waals surface area contributed by atoms with Gasteiger partial charge in [-0.3, -0.25) is 0 Å². The summed E-state index contributed by atoms with van der Waals surface area (Å²) in [6, 6.07) is 13.8. The van der Waals surface area contributed by atoms with Crippen molar-refractivity contribution in [3.63, 3.8) is 0 Å². The molecule has 0 bridgehead atoms. The first-order chi connectivity index (χ1) is 10.2. The highest BCUT2D eigenvalue weighted by Crippen LogP contribution is 2.40. The molecule has 3 nitrogen and oxygen atoms in total. The van der Waals surface area contributed by atoms with Crippen LogP contribution >= 0.6 is 0 Å². The lowest BCUT2D eigenvalue weighted by molar-refractivity contribution is 0.219. The Morgan fingerprint density at radius 3 is 2.10 bits per heavy atom. The molecule has 2 aromatic rings. The van der Waals surface area contributed by atoms with Gasteiger partial charge in [0.2, 0.25) is 0 Å². The van der Waals surface area contributed by atoms with Gasteiger partial charge in [0.25, 0.3) is 0 Å². The van der Waals surface area contributed by atoms with E-state index in [1.165, 1.54) is 18.4 Å². The first kappa shape index (κ1) is 14.0. The van der Waals surface area contributed by atoms with E-state index in [4.69, 9.17) is 9.47 Å². The van der Waals surface area contributed by atoms with Crippen LogP contribution in [0.15, 0.2) is 42.5 Å². The van der Waals surface area contributed by atoms with Crippen LogP contribution in [0.1, 0.15) is 41.6 Å². The van der Waals surface area contributed by atoms with Crippen molar-refractivity contribution in [2.45, 2.75) is 24.9 Å².